The highest BCUT2D eigenvalue weighted by atomic mass is 127. The first-order valence-corrected chi connectivity index (χ1v) is 8.27. The first-order valence-electron chi connectivity index (χ1n) is 7.03. The van der Waals surface area contributed by atoms with E-state index in [2.05, 4.69) is 76.4 Å². The molecule has 0 bridgehead atoms. The van der Waals surface area contributed by atoms with Gasteiger partial charge >= 0.3 is 0 Å². The lowest BCUT2D eigenvalue weighted by atomic mass is 9.94. The summed E-state index contributed by atoms with van der Waals surface area (Å²) in [4.78, 5) is 0. The Morgan fingerprint density at radius 2 is 1.50 bits per heavy atom. The van der Waals surface area contributed by atoms with E-state index in [1.807, 2.05) is 0 Å². The van der Waals surface area contributed by atoms with Crippen molar-refractivity contribution in [3.05, 3.63) is 70.8 Å². The molecule has 2 aromatic carbocycles. The van der Waals surface area contributed by atoms with E-state index in [1.165, 1.54) is 22.3 Å². The number of rotatable bonds is 0. The Morgan fingerprint density at radius 1 is 0.900 bits per heavy atom. The van der Waals surface area contributed by atoms with Crippen LogP contribution in [0, 0.1) is 0 Å². The second kappa shape index (κ2) is 5.13. The van der Waals surface area contributed by atoms with Crippen LogP contribution >= 0.6 is 22.6 Å². The summed E-state index contributed by atoms with van der Waals surface area (Å²) < 4.78 is 6.51. The third kappa shape index (κ3) is 1.91. The Balaban J connectivity index is 1.97. The van der Waals surface area contributed by atoms with E-state index in [0.29, 0.717) is 3.92 Å². The van der Waals surface area contributed by atoms with Gasteiger partial charge in [0.1, 0.15) is 6.10 Å². The minimum atomic E-state index is 0.126. The molecule has 20 heavy (non-hydrogen) atoms. The summed E-state index contributed by atoms with van der Waals surface area (Å²) in [6.45, 7) is 1.70. The molecular formula is C17H16INO. The van der Waals surface area contributed by atoms with Gasteiger partial charge in [0.15, 0.2) is 0 Å². The van der Waals surface area contributed by atoms with Crippen LogP contribution in [0.15, 0.2) is 48.5 Å². The second-order valence-electron chi connectivity index (χ2n) is 5.34. The van der Waals surface area contributed by atoms with Crippen molar-refractivity contribution in [1.82, 2.24) is 5.32 Å². The predicted molar refractivity (Wildman–Crippen MR) is 88.2 cm³/mol. The zero-order valence-corrected chi connectivity index (χ0v) is 13.2. The molecule has 0 spiro atoms. The molecule has 4 rings (SSSR count). The molecule has 1 fully saturated rings. The van der Waals surface area contributed by atoms with E-state index in [-0.39, 0.29) is 12.1 Å². The number of halogens is 1. The first kappa shape index (κ1) is 12.8. The molecule has 0 amide bonds. The zero-order valence-electron chi connectivity index (χ0n) is 11.1. The summed E-state index contributed by atoms with van der Waals surface area (Å²) in [5, 5.41) is 3.65. The molecule has 3 unspecified atom stereocenters. The number of alkyl halides is 1. The molecule has 1 heterocycles. The van der Waals surface area contributed by atoms with Crippen LogP contribution in [0.25, 0.3) is 0 Å². The van der Waals surface area contributed by atoms with Crippen molar-refractivity contribution in [2.45, 2.75) is 16.1 Å². The maximum atomic E-state index is 6.13. The van der Waals surface area contributed by atoms with Gasteiger partial charge in [0.05, 0.1) is 16.6 Å². The van der Waals surface area contributed by atoms with E-state index in [9.17, 15) is 0 Å². The van der Waals surface area contributed by atoms with Crippen molar-refractivity contribution < 1.29 is 4.74 Å². The zero-order chi connectivity index (χ0) is 13.5. The standard InChI is InChI=1S/C17H16INO/c18-15-11-5-1-3-7-13(11)16-17(20-10-9-19-16)14-8-4-2-6-12(14)15/h1-8,15-17,19H,9-10H2. The second-order valence-corrected chi connectivity index (χ2v) is 6.59. The van der Waals surface area contributed by atoms with E-state index in [1.54, 1.807) is 0 Å². The van der Waals surface area contributed by atoms with Crippen molar-refractivity contribution in [2.75, 3.05) is 13.2 Å². The fourth-order valence-corrected chi connectivity index (χ4v) is 4.47. The number of nitrogens with one attached hydrogen (secondary N) is 1. The van der Waals surface area contributed by atoms with Crippen molar-refractivity contribution in [2.24, 2.45) is 0 Å². The van der Waals surface area contributed by atoms with Gasteiger partial charge in [0.2, 0.25) is 0 Å². The maximum absolute atomic E-state index is 6.13. The van der Waals surface area contributed by atoms with E-state index in [0.717, 1.165) is 13.2 Å². The number of morpholine rings is 1. The Hall–Kier alpha value is -0.910. The van der Waals surface area contributed by atoms with E-state index in [4.69, 9.17) is 4.74 Å². The van der Waals surface area contributed by atoms with Gasteiger partial charge in [-0.25, -0.2) is 0 Å². The van der Waals surface area contributed by atoms with Crippen molar-refractivity contribution in [1.29, 1.82) is 0 Å². The highest BCUT2D eigenvalue weighted by Gasteiger charge is 2.36. The number of fused-ring (bicyclic) bond motifs is 5. The quantitative estimate of drug-likeness (QED) is 0.555. The number of ether oxygens (including phenoxy) is 1. The summed E-state index contributed by atoms with van der Waals surface area (Å²) in [5.41, 5.74) is 5.51. The smallest absolute Gasteiger partial charge is 0.102 e. The van der Waals surface area contributed by atoms with Crippen LogP contribution in [0.4, 0.5) is 0 Å². The Bertz CT molecular complexity index is 587. The average molecular weight is 377 g/mol. The Morgan fingerprint density at radius 3 is 2.25 bits per heavy atom. The summed E-state index contributed by atoms with van der Waals surface area (Å²) in [6, 6.07) is 17.7. The van der Waals surface area contributed by atoms with Gasteiger partial charge in [-0.3, -0.25) is 0 Å². The molecule has 2 aromatic rings. The third-order valence-electron chi connectivity index (χ3n) is 4.25. The third-order valence-corrected chi connectivity index (χ3v) is 5.59. The van der Waals surface area contributed by atoms with Gasteiger partial charge in [0, 0.05) is 6.54 Å². The summed E-state index contributed by atoms with van der Waals surface area (Å²) >= 11 is 2.55. The molecule has 0 saturated carbocycles. The van der Waals surface area contributed by atoms with Crippen LogP contribution in [-0.2, 0) is 4.74 Å². The van der Waals surface area contributed by atoms with Gasteiger partial charge in [-0.15, -0.1) is 0 Å². The molecule has 1 aliphatic carbocycles. The van der Waals surface area contributed by atoms with Crippen LogP contribution in [0.3, 0.4) is 0 Å². The fraction of sp³-hybridized carbons (Fsp3) is 0.294. The van der Waals surface area contributed by atoms with Crippen molar-refractivity contribution in [3.8, 4) is 0 Å². The normalized spacial score (nSPS) is 27.9. The van der Waals surface area contributed by atoms with Crippen LogP contribution < -0.4 is 5.32 Å². The van der Waals surface area contributed by atoms with Crippen molar-refractivity contribution >= 4 is 22.6 Å². The van der Waals surface area contributed by atoms with Gasteiger partial charge in [0.25, 0.3) is 0 Å². The van der Waals surface area contributed by atoms with E-state index >= 15 is 0 Å². The molecule has 3 heteroatoms. The van der Waals surface area contributed by atoms with Gasteiger partial charge in [-0.1, -0.05) is 71.1 Å². The lowest BCUT2D eigenvalue weighted by Crippen LogP contribution is -2.37. The highest BCUT2D eigenvalue weighted by molar-refractivity contribution is 14.1. The molecule has 1 N–H and O–H groups in total. The van der Waals surface area contributed by atoms with Gasteiger partial charge in [-0.05, 0) is 22.3 Å². The predicted octanol–water partition coefficient (Wildman–Crippen LogP) is 3.93. The molecular weight excluding hydrogens is 361 g/mol. The summed E-state index contributed by atoms with van der Waals surface area (Å²) in [5.74, 6) is 0. The van der Waals surface area contributed by atoms with Gasteiger partial charge < -0.3 is 10.1 Å². The fourth-order valence-electron chi connectivity index (χ4n) is 3.34. The van der Waals surface area contributed by atoms with Crippen LogP contribution in [0.5, 0.6) is 0 Å². The molecule has 2 nitrogen and oxygen atoms in total. The topological polar surface area (TPSA) is 21.3 Å². The molecule has 0 aromatic heterocycles. The molecule has 3 atom stereocenters. The number of hydrogen-bond donors (Lipinski definition) is 1. The maximum Gasteiger partial charge on any atom is 0.102 e. The van der Waals surface area contributed by atoms with Crippen molar-refractivity contribution in [3.63, 3.8) is 0 Å². The SMILES string of the molecule is IC1c2ccccc2C2NCCOC2c2ccccc21. The highest BCUT2D eigenvalue weighted by Crippen LogP contribution is 2.47. The minimum Gasteiger partial charge on any atom is -0.370 e. The number of hydrogen-bond acceptors (Lipinski definition) is 2. The largest absolute Gasteiger partial charge is 0.370 e. The monoisotopic (exact) mass is 377 g/mol. The molecule has 102 valence electrons. The van der Waals surface area contributed by atoms with Crippen LogP contribution in [0.1, 0.15) is 38.3 Å². The van der Waals surface area contributed by atoms with Gasteiger partial charge in [-0.2, -0.15) is 0 Å². The molecule has 1 saturated heterocycles. The minimum absolute atomic E-state index is 0.126. The lowest BCUT2D eigenvalue weighted by molar-refractivity contribution is -0.00610. The molecule has 0 radical (unpaired) electrons. The number of benzene rings is 2. The van der Waals surface area contributed by atoms with E-state index < -0.39 is 0 Å². The Labute approximate surface area is 132 Å². The van der Waals surface area contributed by atoms with Crippen LogP contribution in [0.2, 0.25) is 0 Å². The summed E-state index contributed by atoms with van der Waals surface area (Å²) in [7, 11) is 0. The lowest BCUT2D eigenvalue weighted by Gasteiger charge is -2.33. The Kier molecular flexibility index (Phi) is 3.28. The first-order chi connectivity index (χ1) is 9.86. The average Bonchev–Trinajstić information content (AvgIpc) is 2.64. The summed E-state index contributed by atoms with van der Waals surface area (Å²) in [6.07, 6.45) is 0.126. The van der Waals surface area contributed by atoms with Crippen LogP contribution in [-0.4, -0.2) is 13.2 Å². The molecule has 2 aliphatic rings. The molecule has 1 aliphatic heterocycles.